The van der Waals surface area contributed by atoms with Gasteiger partial charge in [0.05, 0.1) is 11.1 Å². The highest BCUT2D eigenvalue weighted by atomic mass is 35.5. The fourth-order valence-electron chi connectivity index (χ4n) is 2.44. The van der Waals surface area contributed by atoms with E-state index in [1.165, 1.54) is 12.1 Å². The lowest BCUT2D eigenvalue weighted by atomic mass is 10.1. The van der Waals surface area contributed by atoms with E-state index in [9.17, 15) is 9.50 Å². The standard InChI is InChI=1S/C17H17ClFNO3/c18-14-7-12(8-16-17(14)23-5-4-22-16)15(21)10-20-9-11-2-1-3-13(19)6-11/h1-3,6-8,15,20-21H,4-5,9-10H2. The average Bonchev–Trinajstić information content (AvgIpc) is 2.55. The smallest absolute Gasteiger partial charge is 0.179 e. The zero-order chi connectivity index (χ0) is 16.2. The molecule has 0 saturated heterocycles. The van der Waals surface area contributed by atoms with Crippen LogP contribution in [0.4, 0.5) is 4.39 Å². The summed E-state index contributed by atoms with van der Waals surface area (Å²) in [6.45, 7) is 1.70. The minimum atomic E-state index is -0.753. The van der Waals surface area contributed by atoms with Gasteiger partial charge in [0, 0.05) is 13.1 Å². The van der Waals surface area contributed by atoms with Crippen LogP contribution in [0.2, 0.25) is 5.02 Å². The third-order valence-corrected chi connectivity index (χ3v) is 3.84. The molecule has 4 nitrogen and oxygen atoms in total. The number of ether oxygens (including phenoxy) is 2. The third kappa shape index (κ3) is 3.93. The van der Waals surface area contributed by atoms with Crippen LogP contribution in [0.5, 0.6) is 11.5 Å². The minimum Gasteiger partial charge on any atom is -0.486 e. The van der Waals surface area contributed by atoms with Crippen LogP contribution >= 0.6 is 11.6 Å². The molecule has 2 N–H and O–H groups in total. The van der Waals surface area contributed by atoms with Crippen molar-refractivity contribution in [3.63, 3.8) is 0 Å². The molecule has 0 aliphatic carbocycles. The summed E-state index contributed by atoms with van der Waals surface area (Å²) in [7, 11) is 0. The number of aliphatic hydroxyl groups excluding tert-OH is 1. The van der Waals surface area contributed by atoms with Gasteiger partial charge in [-0.3, -0.25) is 0 Å². The molecule has 0 fully saturated rings. The molecule has 0 amide bonds. The fourth-order valence-corrected chi connectivity index (χ4v) is 2.71. The number of fused-ring (bicyclic) bond motifs is 1. The van der Waals surface area contributed by atoms with E-state index in [-0.39, 0.29) is 5.82 Å². The number of rotatable bonds is 5. The van der Waals surface area contributed by atoms with E-state index in [1.807, 2.05) is 6.07 Å². The molecule has 1 atom stereocenters. The van der Waals surface area contributed by atoms with Crippen molar-refractivity contribution in [3.8, 4) is 11.5 Å². The molecule has 6 heteroatoms. The zero-order valence-electron chi connectivity index (χ0n) is 12.4. The Morgan fingerprint density at radius 2 is 2.04 bits per heavy atom. The van der Waals surface area contributed by atoms with E-state index in [0.717, 1.165) is 5.56 Å². The second-order valence-electron chi connectivity index (χ2n) is 5.30. The van der Waals surface area contributed by atoms with Crippen LogP contribution in [0.1, 0.15) is 17.2 Å². The Morgan fingerprint density at radius 1 is 1.22 bits per heavy atom. The highest BCUT2D eigenvalue weighted by Gasteiger charge is 2.19. The summed E-state index contributed by atoms with van der Waals surface area (Å²) in [5.41, 5.74) is 1.46. The molecule has 2 aromatic rings. The van der Waals surface area contributed by atoms with E-state index >= 15 is 0 Å². The van der Waals surface area contributed by atoms with Crippen molar-refractivity contribution in [3.05, 3.63) is 58.4 Å². The molecule has 0 aromatic heterocycles. The van der Waals surface area contributed by atoms with Crippen LogP contribution in [0.3, 0.4) is 0 Å². The number of aliphatic hydroxyl groups is 1. The van der Waals surface area contributed by atoms with Crippen molar-refractivity contribution in [2.45, 2.75) is 12.6 Å². The highest BCUT2D eigenvalue weighted by molar-refractivity contribution is 6.32. The van der Waals surface area contributed by atoms with E-state index in [1.54, 1.807) is 18.2 Å². The van der Waals surface area contributed by atoms with Gasteiger partial charge in [-0.2, -0.15) is 0 Å². The Labute approximate surface area is 138 Å². The van der Waals surface area contributed by atoms with E-state index < -0.39 is 6.10 Å². The maximum absolute atomic E-state index is 13.1. The lowest BCUT2D eigenvalue weighted by molar-refractivity contribution is 0.163. The van der Waals surface area contributed by atoms with Gasteiger partial charge in [-0.15, -0.1) is 0 Å². The van der Waals surface area contributed by atoms with Crippen LogP contribution < -0.4 is 14.8 Å². The van der Waals surface area contributed by atoms with Gasteiger partial charge in [0.15, 0.2) is 11.5 Å². The van der Waals surface area contributed by atoms with Gasteiger partial charge < -0.3 is 19.9 Å². The van der Waals surface area contributed by atoms with Crippen LogP contribution in [0.25, 0.3) is 0 Å². The third-order valence-electron chi connectivity index (χ3n) is 3.56. The lowest BCUT2D eigenvalue weighted by Crippen LogP contribution is -2.22. The van der Waals surface area contributed by atoms with Crippen LogP contribution in [-0.2, 0) is 6.54 Å². The van der Waals surface area contributed by atoms with E-state index in [0.29, 0.717) is 48.4 Å². The molecule has 3 rings (SSSR count). The molecule has 1 heterocycles. The van der Waals surface area contributed by atoms with Crippen molar-refractivity contribution in [2.75, 3.05) is 19.8 Å². The lowest BCUT2D eigenvalue weighted by Gasteiger charge is -2.21. The van der Waals surface area contributed by atoms with Gasteiger partial charge in [-0.1, -0.05) is 23.7 Å². The van der Waals surface area contributed by atoms with Crippen molar-refractivity contribution in [2.24, 2.45) is 0 Å². The predicted molar refractivity (Wildman–Crippen MR) is 85.5 cm³/mol. The van der Waals surface area contributed by atoms with Gasteiger partial charge in [-0.25, -0.2) is 4.39 Å². The number of hydrogen-bond donors (Lipinski definition) is 2. The Balaban J connectivity index is 1.62. The molecule has 23 heavy (non-hydrogen) atoms. The SMILES string of the molecule is OC(CNCc1cccc(F)c1)c1cc(Cl)c2c(c1)OCCO2. The van der Waals surface area contributed by atoms with Gasteiger partial charge in [-0.05, 0) is 35.4 Å². The van der Waals surface area contributed by atoms with Crippen LogP contribution in [-0.4, -0.2) is 24.9 Å². The van der Waals surface area contributed by atoms with Gasteiger partial charge in [0.25, 0.3) is 0 Å². The van der Waals surface area contributed by atoms with Crippen LogP contribution in [0.15, 0.2) is 36.4 Å². The quantitative estimate of drug-likeness (QED) is 0.880. The van der Waals surface area contributed by atoms with Crippen molar-refractivity contribution in [1.29, 1.82) is 0 Å². The first-order chi connectivity index (χ1) is 11.1. The first-order valence-electron chi connectivity index (χ1n) is 7.36. The topological polar surface area (TPSA) is 50.7 Å². The molecular formula is C17H17ClFNO3. The Bertz CT molecular complexity index is 696. The Kier molecular flexibility index (Phi) is 5.00. The minimum absolute atomic E-state index is 0.275. The van der Waals surface area contributed by atoms with Gasteiger partial charge in [0.1, 0.15) is 19.0 Å². The Hall–Kier alpha value is -1.82. The number of benzene rings is 2. The predicted octanol–water partition coefficient (Wildman–Crippen LogP) is 3.07. The van der Waals surface area contributed by atoms with E-state index in [4.69, 9.17) is 21.1 Å². The first-order valence-corrected chi connectivity index (χ1v) is 7.73. The molecule has 0 bridgehead atoms. The zero-order valence-corrected chi connectivity index (χ0v) is 13.1. The molecular weight excluding hydrogens is 321 g/mol. The molecule has 1 unspecified atom stereocenters. The fraction of sp³-hybridized carbons (Fsp3) is 0.294. The highest BCUT2D eigenvalue weighted by Crippen LogP contribution is 2.39. The summed E-state index contributed by atoms with van der Waals surface area (Å²) >= 11 is 6.16. The Morgan fingerprint density at radius 3 is 2.87 bits per heavy atom. The number of halogens is 2. The normalized spacial score (nSPS) is 14.6. The molecule has 0 spiro atoms. The molecule has 1 aliphatic rings. The number of hydrogen-bond acceptors (Lipinski definition) is 4. The number of nitrogens with one attached hydrogen (secondary N) is 1. The van der Waals surface area contributed by atoms with Gasteiger partial charge in [0.2, 0.25) is 0 Å². The summed E-state index contributed by atoms with van der Waals surface area (Å²) in [6.07, 6.45) is -0.753. The maximum Gasteiger partial charge on any atom is 0.179 e. The molecule has 122 valence electrons. The molecule has 1 aliphatic heterocycles. The van der Waals surface area contributed by atoms with Crippen molar-refractivity contribution in [1.82, 2.24) is 5.32 Å². The second kappa shape index (κ2) is 7.17. The van der Waals surface area contributed by atoms with Gasteiger partial charge >= 0.3 is 0 Å². The van der Waals surface area contributed by atoms with Crippen molar-refractivity contribution >= 4 is 11.6 Å². The maximum atomic E-state index is 13.1. The first kappa shape index (κ1) is 16.1. The monoisotopic (exact) mass is 337 g/mol. The summed E-state index contributed by atoms with van der Waals surface area (Å²) < 4.78 is 24.1. The second-order valence-corrected chi connectivity index (χ2v) is 5.71. The molecule has 0 radical (unpaired) electrons. The summed E-state index contributed by atoms with van der Waals surface area (Å²) in [5.74, 6) is 0.785. The molecule has 0 saturated carbocycles. The summed E-state index contributed by atoms with van der Waals surface area (Å²) in [4.78, 5) is 0. The van der Waals surface area contributed by atoms with Crippen LogP contribution in [0, 0.1) is 5.82 Å². The van der Waals surface area contributed by atoms with E-state index in [2.05, 4.69) is 5.32 Å². The largest absolute Gasteiger partial charge is 0.486 e. The summed E-state index contributed by atoms with van der Waals surface area (Å²) in [6, 6.07) is 9.74. The average molecular weight is 338 g/mol. The molecule has 2 aromatic carbocycles. The van der Waals surface area contributed by atoms with Crippen molar-refractivity contribution < 1.29 is 19.0 Å². The summed E-state index contributed by atoms with van der Waals surface area (Å²) in [5, 5.41) is 13.8.